The lowest BCUT2D eigenvalue weighted by atomic mass is 10.1. The van der Waals surface area contributed by atoms with Crippen LogP contribution in [0.5, 0.6) is 0 Å². The Hall–Kier alpha value is -3.14. The number of nitro groups is 2. The predicted molar refractivity (Wildman–Crippen MR) is 135 cm³/mol. The molecule has 2 aromatic rings. The van der Waals surface area contributed by atoms with Gasteiger partial charge in [-0.2, -0.15) is 0 Å². The number of benzene rings is 2. The van der Waals surface area contributed by atoms with Crippen molar-refractivity contribution in [2.24, 2.45) is 0 Å². The van der Waals surface area contributed by atoms with Crippen LogP contribution in [0.4, 0.5) is 11.4 Å². The highest BCUT2D eigenvalue weighted by Gasteiger charge is 2.39. The van der Waals surface area contributed by atoms with E-state index in [1.807, 2.05) is 13.8 Å². The zero-order chi connectivity index (χ0) is 26.6. The van der Waals surface area contributed by atoms with E-state index < -0.39 is 40.5 Å². The zero-order valence-corrected chi connectivity index (χ0v) is 21.4. The van der Waals surface area contributed by atoms with Crippen LogP contribution in [0.15, 0.2) is 48.5 Å². The summed E-state index contributed by atoms with van der Waals surface area (Å²) in [6.07, 6.45) is 4.85. The first-order chi connectivity index (χ1) is 17.2. The molecule has 0 bridgehead atoms. The van der Waals surface area contributed by atoms with Gasteiger partial charge in [-0.1, -0.05) is 69.9 Å². The van der Waals surface area contributed by atoms with Crippen molar-refractivity contribution in [1.82, 2.24) is 5.32 Å². The van der Waals surface area contributed by atoms with E-state index in [1.54, 1.807) is 30.3 Å². The lowest BCUT2D eigenvalue weighted by molar-refractivity contribution is -0.394. The molecule has 1 amide bonds. The summed E-state index contributed by atoms with van der Waals surface area (Å²) in [5, 5.41) is 25.1. The first-order valence-electron chi connectivity index (χ1n) is 11.9. The number of hydrogen-bond donors (Lipinski definition) is 1. The van der Waals surface area contributed by atoms with Crippen LogP contribution in [-0.2, 0) is 13.6 Å². The molecule has 2 aromatic carbocycles. The van der Waals surface area contributed by atoms with E-state index in [0.29, 0.717) is 18.4 Å². The molecule has 11 nitrogen and oxygen atoms in total. The highest BCUT2D eigenvalue weighted by Crippen LogP contribution is 2.60. The summed E-state index contributed by atoms with van der Waals surface area (Å²) < 4.78 is 25.7. The number of nitro benzene ring substituents is 2. The van der Waals surface area contributed by atoms with Crippen LogP contribution in [0.25, 0.3) is 0 Å². The van der Waals surface area contributed by atoms with E-state index in [9.17, 15) is 29.6 Å². The first kappa shape index (κ1) is 29.1. The Morgan fingerprint density at radius 3 is 1.83 bits per heavy atom. The minimum atomic E-state index is -3.97. The summed E-state index contributed by atoms with van der Waals surface area (Å²) in [4.78, 5) is 34.1. The van der Waals surface area contributed by atoms with Gasteiger partial charge in [0, 0.05) is 12.1 Å². The van der Waals surface area contributed by atoms with Gasteiger partial charge in [-0.15, -0.1) is 0 Å². The molecule has 2 rings (SSSR count). The molecule has 0 spiro atoms. The predicted octanol–water partition coefficient (Wildman–Crippen LogP) is 6.54. The van der Waals surface area contributed by atoms with E-state index >= 15 is 0 Å². The molecular formula is C24H32N3O8P. The summed E-state index contributed by atoms with van der Waals surface area (Å²) in [5.74, 6) is -2.11. The zero-order valence-electron chi connectivity index (χ0n) is 20.5. The van der Waals surface area contributed by atoms with Crippen LogP contribution in [0.3, 0.4) is 0 Å². The van der Waals surface area contributed by atoms with Crippen molar-refractivity contribution in [3.63, 3.8) is 0 Å². The van der Waals surface area contributed by atoms with Gasteiger partial charge in [-0.3, -0.25) is 29.6 Å². The maximum Gasteiger partial charge on any atom is 0.357 e. The number of carbonyl (C=O) groups is 1. The second-order valence-electron chi connectivity index (χ2n) is 8.16. The van der Waals surface area contributed by atoms with Crippen molar-refractivity contribution >= 4 is 24.9 Å². The molecular weight excluding hydrogens is 489 g/mol. The summed E-state index contributed by atoms with van der Waals surface area (Å²) >= 11 is 0. The van der Waals surface area contributed by atoms with E-state index in [2.05, 4.69) is 5.32 Å². The number of non-ortho nitro benzene ring substituents is 2. The van der Waals surface area contributed by atoms with Gasteiger partial charge in [0.15, 0.2) is 5.78 Å². The largest absolute Gasteiger partial charge is 0.357 e. The van der Waals surface area contributed by atoms with Crippen molar-refractivity contribution < 1.29 is 28.3 Å². The number of amides is 1. The van der Waals surface area contributed by atoms with Gasteiger partial charge >= 0.3 is 7.60 Å². The Kier molecular flexibility index (Phi) is 11.7. The molecule has 1 N–H and O–H groups in total. The lowest BCUT2D eigenvalue weighted by Gasteiger charge is -2.28. The topological polar surface area (TPSA) is 151 Å². The van der Waals surface area contributed by atoms with Crippen molar-refractivity contribution in [1.29, 1.82) is 0 Å². The average molecular weight is 522 g/mol. The Balaban J connectivity index is 2.45. The average Bonchev–Trinajstić information content (AvgIpc) is 2.87. The van der Waals surface area contributed by atoms with Crippen molar-refractivity contribution in [3.05, 3.63) is 79.9 Å². The Morgan fingerprint density at radius 2 is 1.39 bits per heavy atom. The van der Waals surface area contributed by atoms with Crippen LogP contribution < -0.4 is 5.32 Å². The quantitative estimate of drug-likeness (QED) is 0.113. The molecule has 196 valence electrons. The maximum atomic E-state index is 14.1. The van der Waals surface area contributed by atoms with Crippen LogP contribution in [0.2, 0.25) is 0 Å². The second kappa shape index (κ2) is 14.4. The van der Waals surface area contributed by atoms with E-state index in [0.717, 1.165) is 43.9 Å². The molecule has 0 radical (unpaired) electrons. The van der Waals surface area contributed by atoms with Gasteiger partial charge < -0.3 is 14.4 Å². The fraction of sp³-hybridized carbons (Fsp3) is 0.458. The van der Waals surface area contributed by atoms with Gasteiger partial charge in [-0.05, 0) is 18.4 Å². The van der Waals surface area contributed by atoms with E-state index in [1.165, 1.54) is 0 Å². The van der Waals surface area contributed by atoms with Crippen LogP contribution >= 0.6 is 7.60 Å². The minimum Gasteiger partial charge on any atom is -0.334 e. The highest BCUT2D eigenvalue weighted by atomic mass is 31.2. The van der Waals surface area contributed by atoms with Gasteiger partial charge in [0.25, 0.3) is 17.3 Å². The standard InChI is InChI=1S/C24H32N3O8P/c1-3-5-10-14-34-36(33,35-15-11-6-4-2)24(19-12-8-7-9-13-19)25-23(28)20-16-21(26(29)30)18-22(17-20)27(31)32/h7-9,12-13,16-18,24H,3-6,10-11,14-15H2,1-2H3,(H,25,28). The fourth-order valence-electron chi connectivity index (χ4n) is 3.40. The Bertz CT molecular complexity index is 1030. The van der Waals surface area contributed by atoms with Gasteiger partial charge in [0.1, 0.15) is 0 Å². The molecule has 12 heteroatoms. The van der Waals surface area contributed by atoms with Crippen molar-refractivity contribution in [2.45, 2.75) is 58.2 Å². The molecule has 1 atom stereocenters. The Morgan fingerprint density at radius 1 is 0.889 bits per heavy atom. The monoisotopic (exact) mass is 521 g/mol. The third-order valence-electron chi connectivity index (χ3n) is 5.32. The number of rotatable bonds is 16. The number of nitrogens with one attached hydrogen (secondary N) is 1. The number of carbonyl (C=O) groups excluding carboxylic acids is 1. The maximum absolute atomic E-state index is 14.1. The third-order valence-corrected chi connectivity index (χ3v) is 7.47. The summed E-state index contributed by atoms with van der Waals surface area (Å²) in [6.45, 7) is 4.35. The Labute approximate surface area is 210 Å². The SMILES string of the molecule is CCCCCOP(=O)(OCCCCC)C(NC(=O)c1cc([N+](=O)[O-])cc([N+](=O)[O-])c1)c1ccccc1. The molecule has 1 unspecified atom stereocenters. The van der Waals surface area contributed by atoms with Crippen LogP contribution in [0.1, 0.15) is 74.1 Å². The number of hydrogen-bond acceptors (Lipinski definition) is 8. The normalized spacial score (nSPS) is 12.2. The number of nitrogens with zero attached hydrogens (tertiary/aromatic N) is 2. The third kappa shape index (κ3) is 8.51. The smallest absolute Gasteiger partial charge is 0.334 e. The van der Waals surface area contributed by atoms with Crippen LogP contribution in [-0.4, -0.2) is 29.0 Å². The molecule has 0 saturated carbocycles. The molecule has 0 heterocycles. The molecule has 36 heavy (non-hydrogen) atoms. The van der Waals surface area contributed by atoms with Gasteiger partial charge in [0.05, 0.1) is 34.7 Å². The molecule has 0 fully saturated rings. The van der Waals surface area contributed by atoms with Gasteiger partial charge in [-0.25, -0.2) is 0 Å². The van der Waals surface area contributed by atoms with E-state index in [4.69, 9.17) is 9.05 Å². The van der Waals surface area contributed by atoms with Gasteiger partial charge in [0.2, 0.25) is 0 Å². The molecule has 0 aromatic heterocycles. The van der Waals surface area contributed by atoms with E-state index in [-0.39, 0.29) is 18.8 Å². The summed E-state index contributed by atoms with van der Waals surface area (Å²) in [6, 6.07) is 11.1. The van der Waals surface area contributed by atoms with Crippen molar-refractivity contribution in [2.75, 3.05) is 13.2 Å². The summed E-state index contributed by atoms with van der Waals surface area (Å²) in [7, 11) is -3.97. The molecule has 0 aliphatic rings. The first-order valence-corrected chi connectivity index (χ1v) is 13.5. The highest BCUT2D eigenvalue weighted by molar-refractivity contribution is 7.54. The molecule has 0 saturated heterocycles. The van der Waals surface area contributed by atoms with Crippen LogP contribution in [0, 0.1) is 20.2 Å². The fourth-order valence-corrected chi connectivity index (χ4v) is 5.35. The number of unbranched alkanes of at least 4 members (excludes halogenated alkanes) is 4. The second-order valence-corrected chi connectivity index (χ2v) is 10.3. The summed E-state index contributed by atoms with van der Waals surface area (Å²) in [5.41, 5.74) is -1.10. The molecule has 0 aliphatic carbocycles. The minimum absolute atomic E-state index is 0.153. The molecule has 0 aliphatic heterocycles. The lowest BCUT2D eigenvalue weighted by Crippen LogP contribution is -2.30. The van der Waals surface area contributed by atoms with Crippen molar-refractivity contribution in [3.8, 4) is 0 Å².